The van der Waals surface area contributed by atoms with Crippen molar-refractivity contribution < 1.29 is 47.4 Å². The molecule has 0 aromatic heterocycles. The Morgan fingerprint density at radius 1 is 1.83 bits per heavy atom. The summed E-state index contributed by atoms with van der Waals surface area (Å²) in [7, 11) is 0. The summed E-state index contributed by atoms with van der Waals surface area (Å²) < 4.78 is 0. The van der Waals surface area contributed by atoms with Crippen LogP contribution in [0, 0.1) is 0 Å². The van der Waals surface area contributed by atoms with Crippen molar-refractivity contribution in [3.8, 4) is 0 Å². The maximum absolute atomic E-state index is 8.44. The molecule has 0 spiro atoms. The van der Waals surface area contributed by atoms with Gasteiger partial charge >= 0.3 is 78.4 Å². The van der Waals surface area contributed by atoms with Gasteiger partial charge in [-0.3, -0.25) is 0 Å². The first-order valence-corrected chi connectivity index (χ1v) is 0.632. The standard InChI is InChI=1S/CH2O3.Ba.Na.2H/c2-1(3)4;;;;/h(H2,2,3,4);;;;/q;+2;+1;2*-1/p-1. The molecular formula is CH3BaNaO3. The molecule has 0 aliphatic heterocycles. The predicted molar refractivity (Wildman–Crippen MR) is 16.0 cm³/mol. The van der Waals surface area contributed by atoms with Gasteiger partial charge in [-0.25, -0.2) is 0 Å². The topological polar surface area (TPSA) is 60.4 Å². The molecule has 0 aromatic carbocycles. The fourth-order valence-electron chi connectivity index (χ4n) is 0. The Bertz CT molecular complexity index is 40.3. The maximum atomic E-state index is 8.44. The van der Waals surface area contributed by atoms with E-state index in [1.54, 1.807) is 0 Å². The van der Waals surface area contributed by atoms with E-state index in [1.165, 1.54) is 0 Å². The van der Waals surface area contributed by atoms with Gasteiger partial charge in [0.25, 0.3) is 0 Å². The van der Waals surface area contributed by atoms with E-state index in [9.17, 15) is 0 Å². The van der Waals surface area contributed by atoms with Crippen LogP contribution >= 0.6 is 0 Å². The number of rotatable bonds is 0. The monoisotopic (exact) mass is 224 g/mol. The molecule has 0 amide bonds. The number of carbonyl (C=O) groups is 1. The van der Waals surface area contributed by atoms with Crippen LogP contribution in [0.3, 0.4) is 0 Å². The first-order valence-electron chi connectivity index (χ1n) is 0.632. The van der Waals surface area contributed by atoms with Crippen LogP contribution in [0.1, 0.15) is 2.85 Å². The van der Waals surface area contributed by atoms with E-state index in [0.717, 1.165) is 0 Å². The molecule has 0 aliphatic carbocycles. The minimum Gasteiger partial charge on any atom is -1.00 e. The Morgan fingerprint density at radius 2 is 1.83 bits per heavy atom. The molecule has 0 radical (unpaired) electrons. The largest absolute Gasteiger partial charge is 2.00 e. The number of hydrogen-bond donors (Lipinski definition) is 1. The van der Waals surface area contributed by atoms with Gasteiger partial charge < -0.3 is 17.9 Å². The van der Waals surface area contributed by atoms with Gasteiger partial charge in [-0.1, -0.05) is 0 Å². The third-order valence-corrected chi connectivity index (χ3v) is 0. The minimum absolute atomic E-state index is 0. The van der Waals surface area contributed by atoms with Gasteiger partial charge in [-0.2, -0.15) is 0 Å². The first-order chi connectivity index (χ1) is 1.73. The molecule has 0 fully saturated rings. The summed E-state index contributed by atoms with van der Waals surface area (Å²) in [6, 6.07) is 0. The third kappa shape index (κ3) is 40.4. The predicted octanol–water partition coefficient (Wildman–Crippen LogP) is -4.26. The summed E-state index contributed by atoms with van der Waals surface area (Å²) in [6.07, 6.45) is -2.08. The van der Waals surface area contributed by atoms with Gasteiger partial charge in [0.1, 0.15) is 0 Å². The van der Waals surface area contributed by atoms with Crippen LogP contribution in [0.2, 0.25) is 0 Å². The fraction of sp³-hybridized carbons (Fsp3) is 0. The van der Waals surface area contributed by atoms with Crippen molar-refractivity contribution in [2.45, 2.75) is 0 Å². The van der Waals surface area contributed by atoms with Gasteiger partial charge in [-0.15, -0.1) is 0 Å². The number of carboxylic acid groups (broad SMARTS) is 2. The maximum Gasteiger partial charge on any atom is 2.00 e. The Balaban J connectivity index is -0.00000000750. The zero-order valence-corrected chi connectivity index (χ0v) is 9.91. The summed E-state index contributed by atoms with van der Waals surface area (Å²) >= 11 is 0. The Hall–Kier alpha value is 1.84. The van der Waals surface area contributed by atoms with E-state index in [1.807, 2.05) is 0 Å². The smallest absolute Gasteiger partial charge is 1.00 e. The molecule has 6 heavy (non-hydrogen) atoms. The van der Waals surface area contributed by atoms with E-state index in [2.05, 4.69) is 0 Å². The zero-order chi connectivity index (χ0) is 3.58. The molecule has 0 atom stereocenters. The van der Waals surface area contributed by atoms with E-state index < -0.39 is 6.16 Å². The van der Waals surface area contributed by atoms with E-state index in [0.29, 0.717) is 0 Å². The fourth-order valence-corrected chi connectivity index (χ4v) is 0. The molecule has 0 rings (SSSR count). The van der Waals surface area contributed by atoms with E-state index in [4.69, 9.17) is 15.0 Å². The third-order valence-electron chi connectivity index (χ3n) is 0. The van der Waals surface area contributed by atoms with Crippen molar-refractivity contribution in [2.24, 2.45) is 0 Å². The van der Waals surface area contributed by atoms with Crippen LogP contribution in [0.15, 0.2) is 0 Å². The Kier molecular flexibility index (Phi) is 26.0. The van der Waals surface area contributed by atoms with Crippen LogP contribution in [0.5, 0.6) is 0 Å². The van der Waals surface area contributed by atoms with Gasteiger partial charge in [0.05, 0.1) is 0 Å². The average Bonchev–Trinajstić information content (AvgIpc) is 0.811. The molecule has 0 aliphatic rings. The van der Waals surface area contributed by atoms with Crippen molar-refractivity contribution in [3.05, 3.63) is 0 Å². The quantitative estimate of drug-likeness (QED) is 0.423. The van der Waals surface area contributed by atoms with Crippen molar-refractivity contribution in [3.63, 3.8) is 0 Å². The second kappa shape index (κ2) is 9.96. The van der Waals surface area contributed by atoms with Crippen molar-refractivity contribution in [1.29, 1.82) is 0 Å². The second-order valence-corrected chi connectivity index (χ2v) is 0.266. The summed E-state index contributed by atoms with van der Waals surface area (Å²) in [5.74, 6) is 0. The van der Waals surface area contributed by atoms with Crippen LogP contribution in [-0.2, 0) is 0 Å². The molecule has 1 N–H and O–H groups in total. The zero-order valence-electron chi connectivity index (χ0n) is 5.47. The molecule has 0 aromatic rings. The van der Waals surface area contributed by atoms with Gasteiger partial charge in [0.2, 0.25) is 6.16 Å². The van der Waals surface area contributed by atoms with Crippen LogP contribution in [-0.4, -0.2) is 60.1 Å². The summed E-state index contributed by atoms with van der Waals surface area (Å²) in [6.45, 7) is 0. The molecule has 0 heterocycles. The molecule has 3 nitrogen and oxygen atoms in total. The van der Waals surface area contributed by atoms with E-state index >= 15 is 0 Å². The van der Waals surface area contributed by atoms with Crippen molar-refractivity contribution in [2.75, 3.05) is 0 Å². The summed E-state index contributed by atoms with van der Waals surface area (Å²) in [5.41, 5.74) is 0. The summed E-state index contributed by atoms with van der Waals surface area (Å²) in [4.78, 5) is 8.44. The van der Waals surface area contributed by atoms with Crippen molar-refractivity contribution >= 4 is 55.0 Å². The Morgan fingerprint density at radius 3 is 1.83 bits per heavy atom. The average molecular weight is 223 g/mol. The number of hydrogen-bond acceptors (Lipinski definition) is 2. The molecule has 5 heteroatoms. The Labute approximate surface area is 100 Å². The van der Waals surface area contributed by atoms with Gasteiger partial charge in [0, 0.05) is 0 Å². The molecule has 0 bridgehead atoms. The molecule has 0 saturated carbocycles. The summed E-state index contributed by atoms with van der Waals surface area (Å²) in [5, 5.41) is 15.3. The van der Waals surface area contributed by atoms with Crippen LogP contribution < -0.4 is 34.7 Å². The SMILES string of the molecule is O=C([O-])O.[Ba+2].[H-].[H-].[Na+]. The van der Waals surface area contributed by atoms with Crippen LogP contribution in [0.25, 0.3) is 0 Å². The van der Waals surface area contributed by atoms with Crippen molar-refractivity contribution in [1.82, 2.24) is 0 Å². The van der Waals surface area contributed by atoms with Gasteiger partial charge in [-0.05, 0) is 0 Å². The van der Waals surface area contributed by atoms with Crippen LogP contribution in [0.4, 0.5) is 4.79 Å². The molecule has 0 unspecified atom stereocenters. The molecule has 28 valence electrons. The first kappa shape index (κ1) is 15.7. The molecule has 0 saturated heterocycles. The normalized spacial score (nSPS) is 4.00. The molecular weight excluding hydrogens is 220 g/mol. The van der Waals surface area contributed by atoms with E-state index in [-0.39, 0.29) is 81.3 Å². The minimum atomic E-state index is -2.08. The second-order valence-electron chi connectivity index (χ2n) is 0.266. The van der Waals surface area contributed by atoms with Gasteiger partial charge in [0.15, 0.2) is 0 Å².